The predicted molar refractivity (Wildman–Crippen MR) is 96.2 cm³/mol. The van der Waals surface area contributed by atoms with Crippen molar-refractivity contribution in [3.05, 3.63) is 69.1 Å². The second kappa shape index (κ2) is 7.66. The van der Waals surface area contributed by atoms with Crippen LogP contribution in [0.15, 0.2) is 41.2 Å². The molecule has 1 fully saturated rings. The number of benzene rings is 1. The maximum Gasteiger partial charge on any atom is 0.253 e. The summed E-state index contributed by atoms with van der Waals surface area (Å²) in [4.78, 5) is 27.6. The second-order valence-electron chi connectivity index (χ2n) is 6.61. The number of pyridine rings is 1. The van der Waals surface area contributed by atoms with Gasteiger partial charge in [0.25, 0.3) is 5.56 Å². The highest BCUT2D eigenvalue weighted by molar-refractivity contribution is 5.79. The first-order chi connectivity index (χ1) is 12.1. The van der Waals surface area contributed by atoms with Gasteiger partial charge in [0.2, 0.25) is 5.91 Å². The van der Waals surface area contributed by atoms with Crippen LogP contribution in [0.5, 0.6) is 0 Å². The molecule has 132 valence electrons. The number of aryl methyl sites for hydroxylation is 2. The van der Waals surface area contributed by atoms with Crippen molar-refractivity contribution >= 4 is 5.91 Å². The fraction of sp³-hybridized carbons (Fsp3) is 0.400. The van der Waals surface area contributed by atoms with E-state index in [-0.39, 0.29) is 30.0 Å². The molecule has 2 aromatic rings. The van der Waals surface area contributed by atoms with E-state index in [0.29, 0.717) is 12.2 Å². The smallest absolute Gasteiger partial charge is 0.253 e. The van der Waals surface area contributed by atoms with Gasteiger partial charge >= 0.3 is 0 Å². The summed E-state index contributed by atoms with van der Waals surface area (Å²) < 4.78 is 5.88. The van der Waals surface area contributed by atoms with Crippen molar-refractivity contribution in [1.82, 2.24) is 10.3 Å². The average Bonchev–Trinajstić information content (AvgIpc) is 2.61. The van der Waals surface area contributed by atoms with Gasteiger partial charge in [-0.05, 0) is 43.9 Å². The van der Waals surface area contributed by atoms with Crippen LogP contribution < -0.4 is 10.9 Å². The van der Waals surface area contributed by atoms with E-state index in [2.05, 4.69) is 10.3 Å². The molecular formula is C20H24N2O3. The number of aromatic amines is 1. The maximum absolute atomic E-state index is 12.7. The molecule has 1 aromatic carbocycles. The zero-order valence-electron chi connectivity index (χ0n) is 14.7. The number of hydrogen-bond acceptors (Lipinski definition) is 3. The SMILES string of the molecule is Cc1cc(C)c(CNC(=O)C2CCCOC2c2ccccc2)c(=O)[nH]1. The zero-order chi connectivity index (χ0) is 17.8. The molecule has 1 aliphatic heterocycles. The van der Waals surface area contributed by atoms with Crippen molar-refractivity contribution in [2.24, 2.45) is 5.92 Å². The van der Waals surface area contributed by atoms with E-state index < -0.39 is 0 Å². The molecule has 1 amide bonds. The summed E-state index contributed by atoms with van der Waals surface area (Å²) in [5.41, 5.74) is 3.19. The van der Waals surface area contributed by atoms with Gasteiger partial charge in [0.05, 0.1) is 12.0 Å². The summed E-state index contributed by atoms with van der Waals surface area (Å²) >= 11 is 0. The predicted octanol–water partition coefficient (Wildman–Crippen LogP) is 2.78. The van der Waals surface area contributed by atoms with Crippen LogP contribution in [0.1, 0.15) is 41.3 Å². The van der Waals surface area contributed by atoms with E-state index in [0.717, 1.165) is 29.7 Å². The van der Waals surface area contributed by atoms with Crippen molar-refractivity contribution in [2.45, 2.75) is 39.3 Å². The molecule has 1 aliphatic rings. The zero-order valence-corrected chi connectivity index (χ0v) is 14.7. The van der Waals surface area contributed by atoms with Crippen molar-refractivity contribution in [1.29, 1.82) is 0 Å². The lowest BCUT2D eigenvalue weighted by atomic mass is 9.88. The van der Waals surface area contributed by atoms with Crippen LogP contribution in [0, 0.1) is 19.8 Å². The molecule has 2 N–H and O–H groups in total. The van der Waals surface area contributed by atoms with Gasteiger partial charge in [-0.2, -0.15) is 0 Å². The standard InChI is InChI=1S/C20H24N2O3/c1-13-11-14(2)22-20(24)17(13)12-21-19(23)16-9-6-10-25-18(16)15-7-4-3-5-8-15/h3-5,7-8,11,16,18H,6,9-10,12H2,1-2H3,(H,21,23)(H,22,24). The summed E-state index contributed by atoms with van der Waals surface area (Å²) in [7, 11) is 0. The fourth-order valence-corrected chi connectivity index (χ4v) is 3.43. The number of H-pyrrole nitrogens is 1. The molecule has 2 atom stereocenters. The number of hydrogen-bond donors (Lipinski definition) is 2. The summed E-state index contributed by atoms with van der Waals surface area (Å²) in [5.74, 6) is -0.297. The topological polar surface area (TPSA) is 71.2 Å². The lowest BCUT2D eigenvalue weighted by Crippen LogP contribution is -2.38. The molecule has 5 heteroatoms. The highest BCUT2D eigenvalue weighted by Crippen LogP contribution is 2.33. The Morgan fingerprint density at radius 2 is 2.04 bits per heavy atom. The van der Waals surface area contributed by atoms with E-state index in [9.17, 15) is 9.59 Å². The lowest BCUT2D eigenvalue weighted by molar-refractivity contribution is -0.134. The Morgan fingerprint density at radius 3 is 2.76 bits per heavy atom. The molecular weight excluding hydrogens is 316 g/mol. The Hall–Kier alpha value is -2.40. The van der Waals surface area contributed by atoms with Gasteiger partial charge in [0.1, 0.15) is 0 Å². The molecule has 0 bridgehead atoms. The average molecular weight is 340 g/mol. The van der Waals surface area contributed by atoms with E-state index >= 15 is 0 Å². The van der Waals surface area contributed by atoms with Crippen LogP contribution in [0.3, 0.4) is 0 Å². The maximum atomic E-state index is 12.7. The third kappa shape index (κ3) is 3.99. The van der Waals surface area contributed by atoms with Crippen LogP contribution in [0.25, 0.3) is 0 Å². The number of amides is 1. The molecule has 5 nitrogen and oxygen atoms in total. The second-order valence-corrected chi connectivity index (χ2v) is 6.61. The number of nitrogens with one attached hydrogen (secondary N) is 2. The minimum Gasteiger partial charge on any atom is -0.373 e. The first-order valence-corrected chi connectivity index (χ1v) is 8.70. The van der Waals surface area contributed by atoms with Gasteiger partial charge in [-0.1, -0.05) is 30.3 Å². The van der Waals surface area contributed by atoms with E-state index in [1.807, 2.05) is 50.2 Å². The van der Waals surface area contributed by atoms with Gasteiger partial charge in [0.15, 0.2) is 0 Å². The van der Waals surface area contributed by atoms with Crippen LogP contribution in [0.4, 0.5) is 0 Å². The van der Waals surface area contributed by atoms with Crippen LogP contribution in [-0.4, -0.2) is 17.5 Å². The van der Waals surface area contributed by atoms with Crippen molar-refractivity contribution in [2.75, 3.05) is 6.61 Å². The highest BCUT2D eigenvalue weighted by atomic mass is 16.5. The van der Waals surface area contributed by atoms with E-state index in [4.69, 9.17) is 4.74 Å². The molecule has 3 rings (SSSR count). The normalized spacial score (nSPS) is 20.2. The number of aromatic nitrogens is 1. The van der Waals surface area contributed by atoms with Gasteiger partial charge < -0.3 is 15.0 Å². The van der Waals surface area contributed by atoms with Crippen molar-refractivity contribution in [3.63, 3.8) is 0 Å². The quantitative estimate of drug-likeness (QED) is 0.899. The van der Waals surface area contributed by atoms with Crippen molar-refractivity contribution < 1.29 is 9.53 Å². The van der Waals surface area contributed by atoms with Gasteiger partial charge in [-0.3, -0.25) is 9.59 Å². The highest BCUT2D eigenvalue weighted by Gasteiger charge is 2.32. The van der Waals surface area contributed by atoms with E-state index in [1.54, 1.807) is 0 Å². The van der Waals surface area contributed by atoms with Crippen LogP contribution in [0.2, 0.25) is 0 Å². The molecule has 0 saturated carbocycles. The largest absolute Gasteiger partial charge is 0.373 e. The Morgan fingerprint density at radius 1 is 1.28 bits per heavy atom. The number of carbonyl (C=O) groups excluding carboxylic acids is 1. The van der Waals surface area contributed by atoms with Gasteiger partial charge in [0, 0.05) is 24.4 Å². The summed E-state index contributed by atoms with van der Waals surface area (Å²) in [6, 6.07) is 11.8. The summed E-state index contributed by atoms with van der Waals surface area (Å²) in [6.45, 7) is 4.64. The molecule has 2 heterocycles. The Balaban J connectivity index is 1.72. The molecule has 0 spiro atoms. The van der Waals surface area contributed by atoms with Gasteiger partial charge in [-0.25, -0.2) is 0 Å². The van der Waals surface area contributed by atoms with E-state index in [1.165, 1.54) is 0 Å². The Labute approximate surface area is 147 Å². The molecule has 1 saturated heterocycles. The third-order valence-corrected chi connectivity index (χ3v) is 4.72. The summed E-state index contributed by atoms with van der Waals surface area (Å²) in [5, 5.41) is 2.93. The Bertz CT molecular complexity index is 798. The number of carbonyl (C=O) groups is 1. The molecule has 1 aromatic heterocycles. The van der Waals surface area contributed by atoms with Crippen molar-refractivity contribution in [3.8, 4) is 0 Å². The first kappa shape index (κ1) is 17.4. The van der Waals surface area contributed by atoms with Crippen LogP contribution >= 0.6 is 0 Å². The third-order valence-electron chi connectivity index (χ3n) is 4.72. The number of rotatable bonds is 4. The number of ether oxygens (including phenoxy) is 1. The molecule has 25 heavy (non-hydrogen) atoms. The first-order valence-electron chi connectivity index (χ1n) is 8.70. The minimum absolute atomic E-state index is 0.0621. The van der Waals surface area contributed by atoms with Crippen LogP contribution in [-0.2, 0) is 16.1 Å². The minimum atomic E-state index is -0.235. The fourth-order valence-electron chi connectivity index (χ4n) is 3.43. The monoisotopic (exact) mass is 340 g/mol. The van der Waals surface area contributed by atoms with Gasteiger partial charge in [-0.15, -0.1) is 0 Å². The summed E-state index contributed by atoms with van der Waals surface area (Å²) in [6.07, 6.45) is 1.42. The molecule has 2 unspecified atom stereocenters. The molecule has 0 radical (unpaired) electrons. The molecule has 0 aliphatic carbocycles. The lowest BCUT2D eigenvalue weighted by Gasteiger charge is -2.31. The Kier molecular flexibility index (Phi) is 5.34.